The third-order valence-electron chi connectivity index (χ3n) is 7.21. The Kier molecular flexibility index (Phi) is 6.13. The average Bonchev–Trinajstić information content (AvgIpc) is 3.05. The molecular formula is C22H38N6O2. The average molecular weight is 419 g/mol. The molecule has 0 spiro atoms. The molecule has 0 N–H and O–H groups in total. The van der Waals surface area contributed by atoms with Crippen LogP contribution in [0.1, 0.15) is 54.4 Å². The van der Waals surface area contributed by atoms with Gasteiger partial charge in [-0.3, -0.25) is 19.4 Å². The van der Waals surface area contributed by atoms with E-state index in [0.717, 1.165) is 50.4 Å². The molecule has 2 atom stereocenters. The third kappa shape index (κ3) is 3.80. The standard InChI is InChI=1S/2C11H19N3O/c1-8(2)14-6-5-11(3)9(7-14)12-13(4)10(11)15;1-8(2)14-6-5-9-11(3,7-14)10(15)13(4)12-9/h2*8H,5-7H2,1-4H3. The van der Waals surface area contributed by atoms with E-state index in [1.165, 1.54) is 10.0 Å². The summed E-state index contributed by atoms with van der Waals surface area (Å²) in [7, 11) is 3.50. The van der Waals surface area contributed by atoms with Crippen LogP contribution >= 0.6 is 0 Å². The van der Waals surface area contributed by atoms with Crippen molar-refractivity contribution in [2.24, 2.45) is 21.0 Å². The highest BCUT2D eigenvalue weighted by Gasteiger charge is 2.50. The van der Waals surface area contributed by atoms with E-state index in [-0.39, 0.29) is 22.6 Å². The molecule has 4 aliphatic rings. The van der Waals surface area contributed by atoms with E-state index >= 15 is 0 Å². The van der Waals surface area contributed by atoms with E-state index in [4.69, 9.17) is 0 Å². The lowest BCUT2D eigenvalue weighted by Gasteiger charge is -2.38. The summed E-state index contributed by atoms with van der Waals surface area (Å²) in [6.45, 7) is 16.4. The number of piperidine rings is 2. The summed E-state index contributed by atoms with van der Waals surface area (Å²) in [6.07, 6.45) is 1.82. The second-order valence-electron chi connectivity index (χ2n) is 10.0. The van der Waals surface area contributed by atoms with Crippen LogP contribution in [0.5, 0.6) is 0 Å². The van der Waals surface area contributed by atoms with Crippen molar-refractivity contribution in [3.05, 3.63) is 0 Å². The monoisotopic (exact) mass is 418 g/mol. The Hall–Kier alpha value is -1.80. The fourth-order valence-corrected chi connectivity index (χ4v) is 4.83. The molecule has 0 aliphatic carbocycles. The van der Waals surface area contributed by atoms with Crippen molar-refractivity contribution in [2.75, 3.05) is 40.3 Å². The van der Waals surface area contributed by atoms with Crippen molar-refractivity contribution >= 4 is 23.2 Å². The van der Waals surface area contributed by atoms with Crippen LogP contribution in [0.25, 0.3) is 0 Å². The summed E-state index contributed by atoms with van der Waals surface area (Å²) in [4.78, 5) is 28.7. The molecule has 4 aliphatic heterocycles. The minimum atomic E-state index is -0.364. The second kappa shape index (κ2) is 8.04. The molecule has 30 heavy (non-hydrogen) atoms. The van der Waals surface area contributed by atoms with Crippen molar-refractivity contribution in [3.63, 3.8) is 0 Å². The van der Waals surface area contributed by atoms with Gasteiger partial charge in [0.05, 0.1) is 16.8 Å². The molecule has 0 saturated carbocycles. The van der Waals surface area contributed by atoms with E-state index < -0.39 is 0 Å². The number of hydrazone groups is 2. The van der Waals surface area contributed by atoms with Gasteiger partial charge in [-0.2, -0.15) is 10.2 Å². The summed E-state index contributed by atoms with van der Waals surface area (Å²) >= 11 is 0. The van der Waals surface area contributed by atoms with E-state index in [1.807, 2.05) is 13.8 Å². The minimum Gasteiger partial charge on any atom is -0.299 e. The largest absolute Gasteiger partial charge is 0.299 e. The maximum Gasteiger partial charge on any atom is 0.255 e. The van der Waals surface area contributed by atoms with Crippen molar-refractivity contribution in [1.29, 1.82) is 0 Å². The Morgan fingerprint density at radius 1 is 0.800 bits per heavy atom. The van der Waals surface area contributed by atoms with Crippen LogP contribution in [0, 0.1) is 10.8 Å². The number of rotatable bonds is 2. The summed E-state index contributed by atoms with van der Waals surface area (Å²) in [5.74, 6) is 0.295. The van der Waals surface area contributed by atoms with E-state index in [0.29, 0.717) is 12.1 Å². The molecule has 8 nitrogen and oxygen atoms in total. The number of hydrogen-bond acceptors (Lipinski definition) is 6. The molecule has 2 unspecified atom stereocenters. The number of likely N-dealkylation sites (tertiary alicyclic amines) is 2. The first-order chi connectivity index (χ1) is 13.9. The van der Waals surface area contributed by atoms with Gasteiger partial charge < -0.3 is 0 Å². The van der Waals surface area contributed by atoms with Crippen LogP contribution in [-0.2, 0) is 9.59 Å². The fraction of sp³-hybridized carbons (Fsp3) is 0.818. The van der Waals surface area contributed by atoms with Gasteiger partial charge in [-0.25, -0.2) is 10.0 Å². The SMILES string of the molecule is CC(C)N1CCC2(C)C(=O)N(C)N=C2C1.CC(C)N1CCC2=NN(C)C(=O)C2(C)C1. The van der Waals surface area contributed by atoms with E-state index in [2.05, 4.69) is 47.7 Å². The quantitative estimate of drug-likeness (QED) is 0.686. The number of fused-ring (bicyclic) bond motifs is 2. The van der Waals surface area contributed by atoms with Gasteiger partial charge in [0.25, 0.3) is 11.8 Å². The fourth-order valence-electron chi connectivity index (χ4n) is 4.83. The Balaban J connectivity index is 0.000000171. The number of nitrogens with zero attached hydrogens (tertiary/aromatic N) is 6. The maximum atomic E-state index is 12.0. The van der Waals surface area contributed by atoms with Crippen LogP contribution in [-0.4, -0.2) is 95.4 Å². The highest BCUT2D eigenvalue weighted by molar-refractivity contribution is 6.13. The molecule has 8 heteroatoms. The Morgan fingerprint density at radius 2 is 1.33 bits per heavy atom. The molecule has 0 aromatic carbocycles. The Labute approximate surface area is 180 Å². The van der Waals surface area contributed by atoms with Gasteiger partial charge in [0.2, 0.25) is 0 Å². The second-order valence-corrected chi connectivity index (χ2v) is 10.0. The van der Waals surface area contributed by atoms with Gasteiger partial charge in [-0.15, -0.1) is 0 Å². The molecule has 0 radical (unpaired) electrons. The third-order valence-corrected chi connectivity index (χ3v) is 7.21. The topological polar surface area (TPSA) is 71.8 Å². The first-order valence-electron chi connectivity index (χ1n) is 11.1. The molecule has 0 aromatic rings. The summed E-state index contributed by atoms with van der Waals surface area (Å²) in [5, 5.41) is 11.7. The first-order valence-corrected chi connectivity index (χ1v) is 11.1. The normalized spacial score (nSPS) is 32.2. The van der Waals surface area contributed by atoms with E-state index in [1.54, 1.807) is 14.1 Å². The molecule has 2 amide bonds. The highest BCUT2D eigenvalue weighted by Crippen LogP contribution is 2.36. The number of amides is 2. The van der Waals surface area contributed by atoms with Crippen molar-refractivity contribution < 1.29 is 9.59 Å². The lowest BCUT2D eigenvalue weighted by molar-refractivity contribution is -0.136. The molecule has 2 saturated heterocycles. The van der Waals surface area contributed by atoms with Crippen LogP contribution in [0.4, 0.5) is 0 Å². The number of carbonyl (C=O) groups is 2. The zero-order valence-corrected chi connectivity index (χ0v) is 19.9. The molecule has 2 fully saturated rings. The Morgan fingerprint density at radius 3 is 1.90 bits per heavy atom. The van der Waals surface area contributed by atoms with Gasteiger partial charge >= 0.3 is 0 Å². The predicted octanol–water partition coefficient (Wildman–Crippen LogP) is 1.87. The predicted molar refractivity (Wildman–Crippen MR) is 119 cm³/mol. The van der Waals surface area contributed by atoms with Gasteiger partial charge in [0, 0.05) is 58.8 Å². The van der Waals surface area contributed by atoms with Crippen molar-refractivity contribution in [1.82, 2.24) is 19.8 Å². The molecule has 168 valence electrons. The number of carbonyl (C=O) groups excluding carboxylic acids is 2. The van der Waals surface area contributed by atoms with Gasteiger partial charge in [0.15, 0.2) is 0 Å². The number of hydrogen-bond donors (Lipinski definition) is 0. The lowest BCUT2D eigenvalue weighted by Crippen LogP contribution is -2.52. The van der Waals surface area contributed by atoms with Crippen LogP contribution in [0.3, 0.4) is 0 Å². The van der Waals surface area contributed by atoms with Crippen LogP contribution < -0.4 is 0 Å². The van der Waals surface area contributed by atoms with E-state index in [9.17, 15) is 9.59 Å². The van der Waals surface area contributed by atoms with Gasteiger partial charge in [0.1, 0.15) is 5.41 Å². The Bertz CT molecular complexity index is 776. The molecule has 0 aromatic heterocycles. The van der Waals surface area contributed by atoms with Crippen molar-refractivity contribution in [2.45, 2.75) is 66.5 Å². The molecule has 4 rings (SSSR count). The summed E-state index contributed by atoms with van der Waals surface area (Å²) in [6, 6.07) is 1.03. The van der Waals surface area contributed by atoms with Gasteiger partial charge in [-0.1, -0.05) is 0 Å². The van der Waals surface area contributed by atoms with Crippen molar-refractivity contribution in [3.8, 4) is 0 Å². The smallest absolute Gasteiger partial charge is 0.255 e. The first kappa shape index (κ1) is 22.9. The zero-order chi connectivity index (χ0) is 22.4. The summed E-state index contributed by atoms with van der Waals surface area (Å²) in [5.41, 5.74) is 1.42. The molecular weight excluding hydrogens is 380 g/mol. The lowest BCUT2D eigenvalue weighted by atomic mass is 9.78. The minimum absolute atomic E-state index is 0.142. The van der Waals surface area contributed by atoms with Gasteiger partial charge in [-0.05, 0) is 48.0 Å². The van der Waals surface area contributed by atoms with Crippen LogP contribution in [0.2, 0.25) is 0 Å². The summed E-state index contributed by atoms with van der Waals surface area (Å²) < 4.78 is 0. The molecule has 4 heterocycles. The van der Waals surface area contributed by atoms with Crippen LogP contribution in [0.15, 0.2) is 10.2 Å². The zero-order valence-electron chi connectivity index (χ0n) is 19.9. The maximum absolute atomic E-state index is 12.0. The molecule has 0 bridgehead atoms. The highest BCUT2D eigenvalue weighted by atomic mass is 16.2.